The highest BCUT2D eigenvalue weighted by Crippen LogP contribution is 2.35. The SMILES string of the molecule is COc1cccc(NC(=O)CSc2ncnc3nc(N4CCC(C)CC4)sc23)c1. The maximum Gasteiger partial charge on any atom is 0.234 e. The molecule has 0 aliphatic carbocycles. The van der Waals surface area contributed by atoms with Crippen molar-refractivity contribution in [3.05, 3.63) is 30.6 Å². The summed E-state index contributed by atoms with van der Waals surface area (Å²) in [6.45, 7) is 4.35. The summed E-state index contributed by atoms with van der Waals surface area (Å²) >= 11 is 3.02. The van der Waals surface area contributed by atoms with Gasteiger partial charge in [-0.1, -0.05) is 36.1 Å². The molecule has 1 saturated heterocycles. The van der Waals surface area contributed by atoms with Gasteiger partial charge >= 0.3 is 0 Å². The standard InChI is InChI=1S/C20H23N5O2S2/c1-13-6-8-25(9-7-13)20-24-18-17(29-20)19(22-12-21-18)28-11-16(26)23-14-4-3-5-15(10-14)27-2/h3-5,10,12-13H,6-9,11H2,1-2H3,(H,23,26). The van der Waals surface area contributed by atoms with Crippen LogP contribution >= 0.6 is 23.1 Å². The second-order valence-electron chi connectivity index (χ2n) is 7.07. The summed E-state index contributed by atoms with van der Waals surface area (Å²) in [5.74, 6) is 1.65. The summed E-state index contributed by atoms with van der Waals surface area (Å²) in [5, 5.41) is 4.68. The van der Waals surface area contributed by atoms with E-state index in [1.807, 2.05) is 18.2 Å². The van der Waals surface area contributed by atoms with E-state index in [1.165, 1.54) is 30.9 Å². The molecule has 0 bridgehead atoms. The predicted molar refractivity (Wildman–Crippen MR) is 118 cm³/mol. The number of benzene rings is 1. The fourth-order valence-electron chi connectivity index (χ4n) is 3.19. The van der Waals surface area contributed by atoms with Crippen molar-refractivity contribution < 1.29 is 9.53 Å². The Labute approximate surface area is 177 Å². The molecule has 1 aromatic carbocycles. The number of methoxy groups -OCH3 is 1. The van der Waals surface area contributed by atoms with Gasteiger partial charge in [0, 0.05) is 24.8 Å². The van der Waals surface area contributed by atoms with Crippen molar-refractivity contribution in [3.63, 3.8) is 0 Å². The van der Waals surface area contributed by atoms with E-state index in [2.05, 4.69) is 27.1 Å². The van der Waals surface area contributed by atoms with Crippen LogP contribution in [0.4, 0.5) is 10.8 Å². The topological polar surface area (TPSA) is 80.2 Å². The number of rotatable bonds is 6. The Bertz CT molecular complexity index is 1000. The predicted octanol–water partition coefficient (Wildman–Crippen LogP) is 4.06. The highest BCUT2D eigenvalue weighted by molar-refractivity contribution is 8.00. The number of thioether (sulfide) groups is 1. The smallest absolute Gasteiger partial charge is 0.234 e. The molecule has 0 saturated carbocycles. The summed E-state index contributed by atoms with van der Waals surface area (Å²) in [6.07, 6.45) is 3.90. The zero-order valence-electron chi connectivity index (χ0n) is 16.4. The number of hydrogen-bond donors (Lipinski definition) is 1. The summed E-state index contributed by atoms with van der Waals surface area (Å²) in [5.41, 5.74) is 1.41. The molecule has 1 aliphatic rings. The van der Waals surface area contributed by atoms with E-state index in [9.17, 15) is 4.79 Å². The van der Waals surface area contributed by atoms with Crippen molar-refractivity contribution in [2.45, 2.75) is 24.8 Å². The average molecular weight is 430 g/mol. The van der Waals surface area contributed by atoms with Crippen LogP contribution in [0.15, 0.2) is 35.6 Å². The average Bonchev–Trinajstić information content (AvgIpc) is 3.18. The van der Waals surface area contributed by atoms with Crippen LogP contribution in [0.3, 0.4) is 0 Å². The maximum absolute atomic E-state index is 12.4. The molecule has 1 N–H and O–H groups in total. The first-order chi connectivity index (χ1) is 14.1. The lowest BCUT2D eigenvalue weighted by atomic mass is 10.00. The lowest BCUT2D eigenvalue weighted by Crippen LogP contribution is -2.32. The fraction of sp³-hybridized carbons (Fsp3) is 0.400. The van der Waals surface area contributed by atoms with E-state index in [0.717, 1.165) is 33.9 Å². The van der Waals surface area contributed by atoms with Gasteiger partial charge in [0.1, 0.15) is 21.8 Å². The van der Waals surface area contributed by atoms with Crippen molar-refractivity contribution in [3.8, 4) is 5.75 Å². The minimum absolute atomic E-state index is 0.0928. The molecule has 0 spiro atoms. The molecular formula is C20H23N5O2S2. The van der Waals surface area contributed by atoms with Crippen molar-refractivity contribution in [1.82, 2.24) is 15.0 Å². The van der Waals surface area contributed by atoms with Crippen molar-refractivity contribution >= 4 is 50.2 Å². The number of carbonyl (C=O) groups excluding carboxylic acids is 1. The van der Waals surface area contributed by atoms with E-state index in [1.54, 1.807) is 24.5 Å². The largest absolute Gasteiger partial charge is 0.497 e. The molecule has 3 heterocycles. The molecule has 2 aromatic heterocycles. The number of thiazole rings is 1. The monoisotopic (exact) mass is 429 g/mol. The minimum atomic E-state index is -0.0928. The molecular weight excluding hydrogens is 406 g/mol. The molecule has 1 fully saturated rings. The van der Waals surface area contributed by atoms with Crippen LogP contribution in [0.2, 0.25) is 0 Å². The molecule has 0 atom stereocenters. The maximum atomic E-state index is 12.4. The number of nitrogens with zero attached hydrogens (tertiary/aromatic N) is 4. The van der Waals surface area contributed by atoms with Gasteiger partial charge in [0.15, 0.2) is 10.8 Å². The first-order valence-electron chi connectivity index (χ1n) is 9.55. The minimum Gasteiger partial charge on any atom is -0.497 e. The Morgan fingerprint density at radius 3 is 2.97 bits per heavy atom. The molecule has 29 heavy (non-hydrogen) atoms. The zero-order chi connectivity index (χ0) is 20.2. The Kier molecular flexibility index (Phi) is 6.15. The number of nitrogens with one attached hydrogen (secondary N) is 1. The number of ether oxygens (including phenoxy) is 1. The van der Waals surface area contributed by atoms with Gasteiger partial charge in [0.2, 0.25) is 5.91 Å². The quantitative estimate of drug-likeness (QED) is 0.467. The van der Waals surface area contributed by atoms with Gasteiger partial charge in [-0.25, -0.2) is 9.97 Å². The van der Waals surface area contributed by atoms with Crippen LogP contribution < -0.4 is 15.0 Å². The Hall–Kier alpha value is -2.39. The molecule has 9 heteroatoms. The second kappa shape index (κ2) is 8.96. The molecule has 3 aromatic rings. The number of hydrogen-bond acceptors (Lipinski definition) is 8. The summed E-state index contributed by atoms with van der Waals surface area (Å²) in [7, 11) is 1.60. The van der Waals surface area contributed by atoms with E-state index >= 15 is 0 Å². The highest BCUT2D eigenvalue weighted by atomic mass is 32.2. The molecule has 0 radical (unpaired) electrons. The van der Waals surface area contributed by atoms with Gasteiger partial charge in [0.25, 0.3) is 0 Å². The first-order valence-corrected chi connectivity index (χ1v) is 11.4. The van der Waals surface area contributed by atoms with Crippen LogP contribution in [0.5, 0.6) is 5.75 Å². The number of anilines is 2. The number of fused-ring (bicyclic) bond motifs is 1. The lowest BCUT2D eigenvalue weighted by molar-refractivity contribution is -0.113. The highest BCUT2D eigenvalue weighted by Gasteiger charge is 2.20. The van der Waals surface area contributed by atoms with E-state index in [0.29, 0.717) is 17.1 Å². The molecule has 7 nitrogen and oxygen atoms in total. The van der Waals surface area contributed by atoms with Gasteiger partial charge < -0.3 is 15.0 Å². The zero-order valence-corrected chi connectivity index (χ0v) is 18.1. The summed E-state index contributed by atoms with van der Waals surface area (Å²) in [4.78, 5) is 28.1. The van der Waals surface area contributed by atoms with Gasteiger partial charge in [-0.05, 0) is 30.9 Å². The van der Waals surface area contributed by atoms with Crippen LogP contribution in [0, 0.1) is 5.92 Å². The Morgan fingerprint density at radius 1 is 1.34 bits per heavy atom. The molecule has 152 valence electrons. The first kappa shape index (κ1) is 19.9. The lowest BCUT2D eigenvalue weighted by Gasteiger charge is -2.29. The van der Waals surface area contributed by atoms with Gasteiger partial charge in [-0.3, -0.25) is 4.79 Å². The van der Waals surface area contributed by atoms with Crippen LogP contribution in [-0.2, 0) is 4.79 Å². The van der Waals surface area contributed by atoms with Gasteiger partial charge in [-0.2, -0.15) is 4.98 Å². The summed E-state index contributed by atoms with van der Waals surface area (Å²) in [6, 6.07) is 7.31. The Balaban J connectivity index is 1.43. The fourth-order valence-corrected chi connectivity index (χ4v) is 5.13. The molecule has 1 aliphatic heterocycles. The number of piperidine rings is 1. The van der Waals surface area contributed by atoms with Crippen LogP contribution in [0.1, 0.15) is 19.8 Å². The summed E-state index contributed by atoms with van der Waals surface area (Å²) < 4.78 is 6.13. The third-order valence-corrected chi connectivity index (χ3v) is 7.13. The van der Waals surface area contributed by atoms with Crippen molar-refractivity contribution in [2.75, 3.05) is 36.2 Å². The van der Waals surface area contributed by atoms with Gasteiger partial charge in [-0.15, -0.1) is 0 Å². The number of aromatic nitrogens is 3. The normalized spacial score (nSPS) is 14.9. The third-order valence-electron chi connectivity index (χ3n) is 4.89. The third kappa shape index (κ3) is 4.79. The molecule has 4 rings (SSSR count). The van der Waals surface area contributed by atoms with E-state index in [4.69, 9.17) is 9.72 Å². The van der Waals surface area contributed by atoms with Gasteiger partial charge in [0.05, 0.1) is 12.9 Å². The van der Waals surface area contributed by atoms with E-state index < -0.39 is 0 Å². The number of amides is 1. The molecule has 1 amide bonds. The Morgan fingerprint density at radius 2 is 2.17 bits per heavy atom. The van der Waals surface area contributed by atoms with Crippen LogP contribution in [-0.4, -0.2) is 46.8 Å². The molecule has 0 unspecified atom stereocenters. The van der Waals surface area contributed by atoms with E-state index in [-0.39, 0.29) is 11.7 Å². The number of carbonyl (C=O) groups is 1. The van der Waals surface area contributed by atoms with Crippen LogP contribution in [0.25, 0.3) is 10.3 Å². The van der Waals surface area contributed by atoms with Crippen molar-refractivity contribution in [2.24, 2.45) is 5.92 Å². The second-order valence-corrected chi connectivity index (χ2v) is 9.01. The van der Waals surface area contributed by atoms with Crippen molar-refractivity contribution in [1.29, 1.82) is 0 Å².